The third-order valence-electron chi connectivity index (χ3n) is 5.63. The van der Waals surface area contributed by atoms with Crippen LogP contribution >= 0.6 is 11.6 Å². The van der Waals surface area contributed by atoms with Crippen LogP contribution in [0.3, 0.4) is 0 Å². The van der Waals surface area contributed by atoms with Gasteiger partial charge < -0.3 is 9.64 Å². The van der Waals surface area contributed by atoms with E-state index in [1.54, 1.807) is 7.11 Å². The van der Waals surface area contributed by atoms with E-state index < -0.39 is 0 Å². The van der Waals surface area contributed by atoms with E-state index >= 15 is 0 Å². The molecule has 2 aromatic carbocycles. The van der Waals surface area contributed by atoms with E-state index in [4.69, 9.17) is 16.3 Å². The Morgan fingerprint density at radius 2 is 2.00 bits per heavy atom. The average Bonchev–Trinajstić information content (AvgIpc) is 2.66. The number of carbonyl (C=O) groups excluding carboxylic acids is 1. The lowest BCUT2D eigenvalue weighted by Crippen LogP contribution is -2.38. The number of ether oxygens (including phenoxy) is 1. The Kier molecular flexibility index (Phi) is 5.72. The zero-order chi connectivity index (χ0) is 20.4. The second-order valence-corrected chi connectivity index (χ2v) is 8.17. The summed E-state index contributed by atoms with van der Waals surface area (Å²) in [7, 11) is 1.63. The fourth-order valence-corrected chi connectivity index (χ4v) is 3.97. The van der Waals surface area contributed by atoms with Crippen LogP contribution in [0.25, 0.3) is 10.9 Å². The second kappa shape index (κ2) is 8.42. The van der Waals surface area contributed by atoms with Crippen LogP contribution in [0.15, 0.2) is 48.5 Å². The first-order valence-corrected chi connectivity index (χ1v) is 10.4. The van der Waals surface area contributed by atoms with E-state index in [1.165, 1.54) is 5.56 Å². The first-order chi connectivity index (χ1) is 14.0. The Morgan fingerprint density at radius 3 is 2.69 bits per heavy atom. The number of aromatic nitrogens is 1. The highest BCUT2D eigenvalue weighted by Crippen LogP contribution is 2.31. The standard InChI is InChI=1S/C24H25ClN2O2/c1-16-5-3-6-17(11-16)14-27(24(28)18-7-4-8-18)15-20-12-19-9-10-21(29-2)13-22(19)26-23(20)25/h3,5-6,9-13,18H,4,7-8,14-15H2,1-2H3. The van der Waals surface area contributed by atoms with Crippen LogP contribution in [0.5, 0.6) is 5.75 Å². The van der Waals surface area contributed by atoms with Crippen molar-refractivity contribution in [1.82, 2.24) is 9.88 Å². The molecule has 29 heavy (non-hydrogen) atoms. The molecule has 0 N–H and O–H groups in total. The van der Waals surface area contributed by atoms with E-state index in [1.807, 2.05) is 35.2 Å². The number of pyridine rings is 1. The van der Waals surface area contributed by atoms with Gasteiger partial charge in [0.1, 0.15) is 10.9 Å². The van der Waals surface area contributed by atoms with Gasteiger partial charge >= 0.3 is 0 Å². The van der Waals surface area contributed by atoms with Gasteiger partial charge in [-0.3, -0.25) is 4.79 Å². The number of hydrogen-bond acceptors (Lipinski definition) is 3. The van der Waals surface area contributed by atoms with E-state index in [-0.39, 0.29) is 11.8 Å². The molecule has 1 amide bonds. The Balaban J connectivity index is 1.64. The topological polar surface area (TPSA) is 42.4 Å². The molecule has 1 aliphatic carbocycles. The molecular weight excluding hydrogens is 384 g/mol. The van der Waals surface area contributed by atoms with Crippen molar-refractivity contribution in [2.24, 2.45) is 5.92 Å². The largest absolute Gasteiger partial charge is 0.497 e. The zero-order valence-corrected chi connectivity index (χ0v) is 17.6. The van der Waals surface area contributed by atoms with Crippen molar-refractivity contribution in [3.63, 3.8) is 0 Å². The number of amides is 1. The van der Waals surface area contributed by atoms with Crippen molar-refractivity contribution in [2.75, 3.05) is 7.11 Å². The van der Waals surface area contributed by atoms with E-state index in [0.717, 1.165) is 47.0 Å². The number of rotatable bonds is 6. The van der Waals surface area contributed by atoms with Gasteiger partial charge in [-0.2, -0.15) is 0 Å². The molecule has 1 heterocycles. The summed E-state index contributed by atoms with van der Waals surface area (Å²) in [6.45, 7) is 3.10. The van der Waals surface area contributed by atoms with E-state index in [2.05, 4.69) is 30.1 Å². The molecule has 4 rings (SSSR count). The Morgan fingerprint density at radius 1 is 1.17 bits per heavy atom. The summed E-state index contributed by atoms with van der Waals surface area (Å²) < 4.78 is 5.27. The van der Waals surface area contributed by atoms with Crippen molar-refractivity contribution in [2.45, 2.75) is 39.3 Å². The first kappa shape index (κ1) is 19.7. The minimum absolute atomic E-state index is 0.135. The van der Waals surface area contributed by atoms with Gasteiger partial charge in [-0.1, -0.05) is 47.9 Å². The third-order valence-corrected chi connectivity index (χ3v) is 5.96. The number of benzene rings is 2. The normalized spacial score (nSPS) is 13.9. The van der Waals surface area contributed by atoms with Crippen LogP contribution in [0.2, 0.25) is 5.15 Å². The highest BCUT2D eigenvalue weighted by atomic mass is 35.5. The first-order valence-electron chi connectivity index (χ1n) is 10.0. The monoisotopic (exact) mass is 408 g/mol. The van der Waals surface area contributed by atoms with Crippen LogP contribution in [0, 0.1) is 12.8 Å². The number of methoxy groups -OCH3 is 1. The molecule has 0 saturated heterocycles. The number of hydrogen-bond donors (Lipinski definition) is 0. The summed E-state index contributed by atoms with van der Waals surface area (Å²) in [4.78, 5) is 19.6. The maximum absolute atomic E-state index is 13.1. The molecule has 0 spiro atoms. The van der Waals surface area contributed by atoms with Gasteiger partial charge in [-0.25, -0.2) is 4.98 Å². The van der Waals surface area contributed by atoms with Gasteiger partial charge in [-0.15, -0.1) is 0 Å². The van der Waals surface area contributed by atoms with Crippen LogP contribution < -0.4 is 4.74 Å². The molecule has 1 aromatic heterocycles. The summed E-state index contributed by atoms with van der Waals surface area (Å²) >= 11 is 6.51. The molecule has 150 valence electrons. The Hall–Kier alpha value is -2.59. The number of halogens is 1. The predicted octanol–water partition coefficient (Wildman–Crippen LogP) is 5.53. The van der Waals surface area contributed by atoms with Crippen LogP contribution in [0.1, 0.15) is 36.0 Å². The van der Waals surface area contributed by atoms with Crippen LogP contribution in [-0.2, 0) is 17.9 Å². The molecule has 1 fully saturated rings. The maximum Gasteiger partial charge on any atom is 0.226 e. The highest BCUT2D eigenvalue weighted by Gasteiger charge is 2.30. The third kappa shape index (κ3) is 4.38. The van der Waals surface area contributed by atoms with Gasteiger partial charge in [-0.05, 0) is 43.5 Å². The van der Waals surface area contributed by atoms with Crippen LogP contribution in [-0.4, -0.2) is 22.9 Å². The van der Waals surface area contributed by atoms with Crippen molar-refractivity contribution in [1.29, 1.82) is 0 Å². The maximum atomic E-state index is 13.1. The fourth-order valence-electron chi connectivity index (χ4n) is 3.77. The second-order valence-electron chi connectivity index (χ2n) is 7.81. The molecular formula is C24H25ClN2O2. The quantitative estimate of drug-likeness (QED) is 0.503. The van der Waals surface area contributed by atoms with Gasteiger partial charge in [0.15, 0.2) is 0 Å². The SMILES string of the molecule is COc1ccc2cc(CN(Cc3cccc(C)c3)C(=O)C3CCC3)c(Cl)nc2c1. The predicted molar refractivity (Wildman–Crippen MR) is 116 cm³/mol. The minimum Gasteiger partial charge on any atom is -0.497 e. The van der Waals surface area contributed by atoms with Gasteiger partial charge in [0.25, 0.3) is 0 Å². The number of fused-ring (bicyclic) bond motifs is 1. The molecule has 3 aromatic rings. The summed E-state index contributed by atoms with van der Waals surface area (Å²) in [6.07, 6.45) is 3.09. The van der Waals surface area contributed by atoms with Gasteiger partial charge in [0, 0.05) is 36.0 Å². The highest BCUT2D eigenvalue weighted by molar-refractivity contribution is 6.30. The summed E-state index contributed by atoms with van der Waals surface area (Å²) in [5.74, 6) is 1.09. The molecule has 0 radical (unpaired) electrons. The number of aryl methyl sites for hydroxylation is 1. The molecule has 0 aliphatic heterocycles. The lowest BCUT2D eigenvalue weighted by Gasteiger charge is -2.32. The molecule has 4 nitrogen and oxygen atoms in total. The van der Waals surface area contributed by atoms with Gasteiger partial charge in [0.05, 0.1) is 12.6 Å². The smallest absolute Gasteiger partial charge is 0.226 e. The van der Waals surface area contributed by atoms with Crippen molar-refractivity contribution >= 4 is 28.4 Å². The minimum atomic E-state index is 0.135. The van der Waals surface area contributed by atoms with Crippen molar-refractivity contribution in [3.8, 4) is 5.75 Å². The van der Waals surface area contributed by atoms with Crippen molar-refractivity contribution < 1.29 is 9.53 Å². The summed E-state index contributed by atoms with van der Waals surface area (Å²) in [5.41, 5.74) is 3.98. The molecule has 1 saturated carbocycles. The lowest BCUT2D eigenvalue weighted by molar-refractivity contribution is -0.139. The number of nitrogens with zero attached hydrogens (tertiary/aromatic N) is 2. The van der Waals surface area contributed by atoms with Crippen molar-refractivity contribution in [3.05, 3.63) is 70.4 Å². The summed E-state index contributed by atoms with van der Waals surface area (Å²) in [6, 6.07) is 16.1. The zero-order valence-electron chi connectivity index (χ0n) is 16.8. The van der Waals surface area contributed by atoms with Gasteiger partial charge in [0.2, 0.25) is 5.91 Å². The molecule has 0 bridgehead atoms. The summed E-state index contributed by atoms with van der Waals surface area (Å²) in [5, 5.41) is 1.42. The lowest BCUT2D eigenvalue weighted by atomic mass is 9.84. The van der Waals surface area contributed by atoms with E-state index in [0.29, 0.717) is 18.2 Å². The molecule has 1 aliphatic rings. The Bertz CT molecular complexity index is 1050. The van der Waals surface area contributed by atoms with E-state index in [9.17, 15) is 4.79 Å². The molecule has 5 heteroatoms. The number of carbonyl (C=O) groups is 1. The molecule has 0 unspecified atom stereocenters. The Labute approximate surface area is 176 Å². The average molecular weight is 409 g/mol. The van der Waals surface area contributed by atoms with Crippen LogP contribution in [0.4, 0.5) is 0 Å². The fraction of sp³-hybridized carbons (Fsp3) is 0.333. The molecule has 0 atom stereocenters.